The van der Waals surface area contributed by atoms with E-state index in [1.54, 1.807) is 18.0 Å². The predicted octanol–water partition coefficient (Wildman–Crippen LogP) is 4.58. The van der Waals surface area contributed by atoms with Crippen LogP contribution in [0.1, 0.15) is 13.8 Å². The minimum absolute atomic E-state index is 0.0253. The van der Waals surface area contributed by atoms with Crippen LogP contribution in [0.2, 0.25) is 0 Å². The Hall–Kier alpha value is -0.720. The van der Waals surface area contributed by atoms with Gasteiger partial charge in [0.1, 0.15) is 0 Å². The van der Waals surface area contributed by atoms with E-state index in [2.05, 4.69) is 38.1 Å². The Bertz CT molecular complexity index is 449. The summed E-state index contributed by atoms with van der Waals surface area (Å²) < 4.78 is 5.36. The van der Waals surface area contributed by atoms with Crippen molar-refractivity contribution in [2.75, 3.05) is 12.3 Å². The second-order valence-corrected chi connectivity index (χ2v) is 7.64. The first-order chi connectivity index (χ1) is 8.33. The second kappa shape index (κ2) is 6.28. The lowest BCUT2D eigenvalue weighted by Gasteiger charge is -2.14. The van der Waals surface area contributed by atoms with E-state index in [9.17, 15) is 0 Å². The zero-order valence-electron chi connectivity index (χ0n) is 10.2. The second-order valence-electron chi connectivity index (χ2n) is 3.70. The van der Waals surface area contributed by atoms with Crippen LogP contribution in [0.4, 0.5) is 0 Å². The summed E-state index contributed by atoms with van der Waals surface area (Å²) in [5, 5.41) is 2.46. The minimum atomic E-state index is 0.0253. The Labute approximate surface area is 108 Å². The average molecular weight is 264 g/mol. The molecule has 0 bridgehead atoms. The fourth-order valence-electron chi connectivity index (χ4n) is 1.77. The van der Waals surface area contributed by atoms with E-state index in [4.69, 9.17) is 4.42 Å². The van der Waals surface area contributed by atoms with Crippen molar-refractivity contribution < 1.29 is 4.42 Å². The summed E-state index contributed by atoms with van der Waals surface area (Å²) >= 11 is 1.69. The Kier molecular flexibility index (Phi) is 4.70. The Morgan fingerprint density at radius 3 is 2.59 bits per heavy atom. The van der Waals surface area contributed by atoms with Crippen molar-refractivity contribution in [3.05, 3.63) is 42.7 Å². The standard InChI is InChI=1S/C14H17OPS/c1-3-16(4-2)12-7-5-8-13(11-12)17-14-9-6-10-15-14/h5-11H,3-4H2,1-2H3. The largest absolute Gasteiger partial charge is 0.458 e. The van der Waals surface area contributed by atoms with Crippen LogP contribution in [-0.2, 0) is 0 Å². The molecule has 0 fully saturated rings. The summed E-state index contributed by atoms with van der Waals surface area (Å²) in [6, 6.07) is 12.8. The summed E-state index contributed by atoms with van der Waals surface area (Å²) in [6.07, 6.45) is 4.25. The van der Waals surface area contributed by atoms with Gasteiger partial charge in [-0.25, -0.2) is 0 Å². The van der Waals surface area contributed by atoms with Crippen LogP contribution in [0.15, 0.2) is 57.1 Å². The molecule has 0 spiro atoms. The van der Waals surface area contributed by atoms with Crippen LogP contribution in [0.5, 0.6) is 0 Å². The molecule has 0 N–H and O–H groups in total. The minimum Gasteiger partial charge on any atom is -0.458 e. The van der Waals surface area contributed by atoms with Crippen molar-refractivity contribution in [3.8, 4) is 0 Å². The van der Waals surface area contributed by atoms with E-state index < -0.39 is 0 Å². The Balaban J connectivity index is 2.16. The molecule has 1 aromatic heterocycles. The van der Waals surface area contributed by atoms with Crippen LogP contribution >= 0.6 is 19.7 Å². The lowest BCUT2D eigenvalue weighted by Crippen LogP contribution is -2.03. The highest BCUT2D eigenvalue weighted by Crippen LogP contribution is 2.35. The third kappa shape index (κ3) is 3.37. The fourth-order valence-corrected chi connectivity index (χ4v) is 4.47. The first kappa shape index (κ1) is 12.7. The molecule has 0 amide bonds. The van der Waals surface area contributed by atoms with Crippen molar-refractivity contribution in [3.63, 3.8) is 0 Å². The molecule has 0 aliphatic carbocycles. The first-order valence-electron chi connectivity index (χ1n) is 5.90. The molecular weight excluding hydrogens is 247 g/mol. The van der Waals surface area contributed by atoms with E-state index in [1.165, 1.54) is 22.5 Å². The predicted molar refractivity (Wildman–Crippen MR) is 76.9 cm³/mol. The van der Waals surface area contributed by atoms with Crippen molar-refractivity contribution in [2.45, 2.75) is 23.8 Å². The maximum Gasteiger partial charge on any atom is 0.164 e. The molecule has 0 atom stereocenters. The summed E-state index contributed by atoms with van der Waals surface area (Å²) in [5.41, 5.74) is 0. The number of furan rings is 1. The van der Waals surface area contributed by atoms with Crippen molar-refractivity contribution >= 4 is 25.0 Å². The van der Waals surface area contributed by atoms with Crippen molar-refractivity contribution in [2.24, 2.45) is 0 Å². The van der Waals surface area contributed by atoms with Crippen LogP contribution in [-0.4, -0.2) is 12.3 Å². The fraction of sp³-hybridized carbons (Fsp3) is 0.286. The molecule has 2 rings (SSSR count). The summed E-state index contributed by atoms with van der Waals surface area (Å²) in [7, 11) is 0.0253. The first-order valence-corrected chi connectivity index (χ1v) is 8.42. The van der Waals surface area contributed by atoms with Gasteiger partial charge < -0.3 is 4.42 Å². The van der Waals surface area contributed by atoms with Crippen LogP contribution < -0.4 is 5.30 Å². The highest BCUT2D eigenvalue weighted by atomic mass is 32.2. The maximum absolute atomic E-state index is 5.36. The molecule has 0 aliphatic heterocycles. The smallest absolute Gasteiger partial charge is 0.164 e. The topological polar surface area (TPSA) is 13.1 Å². The molecule has 1 nitrogen and oxygen atoms in total. The molecule has 0 saturated carbocycles. The van der Waals surface area contributed by atoms with E-state index in [0.717, 1.165) is 5.09 Å². The van der Waals surface area contributed by atoms with Crippen molar-refractivity contribution in [1.82, 2.24) is 0 Å². The van der Waals surface area contributed by atoms with E-state index in [-0.39, 0.29) is 7.92 Å². The van der Waals surface area contributed by atoms with Gasteiger partial charge in [0.2, 0.25) is 0 Å². The van der Waals surface area contributed by atoms with Gasteiger partial charge in [-0.3, -0.25) is 0 Å². The van der Waals surface area contributed by atoms with Crippen LogP contribution in [0.25, 0.3) is 0 Å². The third-order valence-corrected chi connectivity index (χ3v) is 6.12. The van der Waals surface area contributed by atoms with Gasteiger partial charge in [0.05, 0.1) is 6.26 Å². The number of benzene rings is 1. The van der Waals surface area contributed by atoms with E-state index in [1.807, 2.05) is 12.1 Å². The molecule has 17 heavy (non-hydrogen) atoms. The van der Waals surface area contributed by atoms with E-state index in [0.29, 0.717) is 0 Å². The van der Waals surface area contributed by atoms with Crippen molar-refractivity contribution in [1.29, 1.82) is 0 Å². The third-order valence-electron chi connectivity index (χ3n) is 2.66. The Morgan fingerprint density at radius 2 is 1.94 bits per heavy atom. The van der Waals surface area contributed by atoms with Gasteiger partial charge in [-0.05, 0) is 41.9 Å². The molecule has 1 aromatic carbocycles. The average Bonchev–Trinajstić information content (AvgIpc) is 2.84. The number of rotatable bonds is 5. The van der Waals surface area contributed by atoms with Gasteiger partial charge in [0.15, 0.2) is 5.09 Å². The van der Waals surface area contributed by atoms with Crippen LogP contribution in [0, 0.1) is 0 Å². The van der Waals surface area contributed by atoms with Gasteiger partial charge in [0, 0.05) is 4.90 Å². The van der Waals surface area contributed by atoms with E-state index >= 15 is 0 Å². The Morgan fingerprint density at radius 1 is 1.12 bits per heavy atom. The molecule has 1 heterocycles. The molecule has 90 valence electrons. The molecule has 2 aromatic rings. The zero-order valence-corrected chi connectivity index (χ0v) is 11.9. The van der Waals surface area contributed by atoms with Gasteiger partial charge in [-0.15, -0.1) is 0 Å². The summed E-state index contributed by atoms with van der Waals surface area (Å²) in [6.45, 7) is 4.56. The quantitative estimate of drug-likeness (QED) is 0.733. The van der Waals surface area contributed by atoms with Gasteiger partial charge in [0.25, 0.3) is 0 Å². The highest BCUT2D eigenvalue weighted by Gasteiger charge is 2.07. The lowest BCUT2D eigenvalue weighted by molar-refractivity contribution is 0.474. The van der Waals surface area contributed by atoms with Gasteiger partial charge >= 0.3 is 0 Å². The molecule has 0 radical (unpaired) electrons. The summed E-state index contributed by atoms with van der Waals surface area (Å²) in [5.74, 6) is 0. The molecule has 0 saturated heterocycles. The maximum atomic E-state index is 5.36. The SMILES string of the molecule is CCP(CC)c1cccc(Sc2ccco2)c1. The zero-order chi connectivity index (χ0) is 12.1. The lowest BCUT2D eigenvalue weighted by atomic mass is 10.4. The molecule has 0 unspecified atom stereocenters. The normalized spacial score (nSPS) is 11.0. The molecule has 3 heteroatoms. The molecular formula is C14H17OPS. The number of hydrogen-bond acceptors (Lipinski definition) is 2. The van der Waals surface area contributed by atoms with Gasteiger partial charge in [-0.1, -0.05) is 45.7 Å². The molecule has 0 aliphatic rings. The monoisotopic (exact) mass is 264 g/mol. The van der Waals surface area contributed by atoms with Gasteiger partial charge in [-0.2, -0.15) is 0 Å². The van der Waals surface area contributed by atoms with Crippen LogP contribution in [0.3, 0.4) is 0 Å². The highest BCUT2D eigenvalue weighted by molar-refractivity contribution is 7.99. The number of hydrogen-bond donors (Lipinski definition) is 0. The summed E-state index contributed by atoms with van der Waals surface area (Å²) in [4.78, 5) is 1.27.